The molecule has 2 aromatic rings. The van der Waals surface area contributed by atoms with Gasteiger partial charge in [0.2, 0.25) is 0 Å². The Bertz CT molecular complexity index is 664. The molecule has 106 valence electrons. The zero-order valence-corrected chi connectivity index (χ0v) is 11.1. The fourth-order valence-electron chi connectivity index (χ4n) is 2.45. The molecule has 1 fully saturated rings. The Morgan fingerprint density at radius 1 is 1.60 bits per heavy atom. The average Bonchev–Trinajstić information content (AvgIpc) is 3.11. The maximum atomic E-state index is 13.4. The lowest BCUT2D eigenvalue weighted by Gasteiger charge is -2.14. The number of fused-ring (bicyclic) bond motifs is 1. The summed E-state index contributed by atoms with van der Waals surface area (Å²) in [5, 5.41) is 11.2. The summed E-state index contributed by atoms with van der Waals surface area (Å²) in [7, 11) is 0. The second kappa shape index (κ2) is 4.77. The maximum absolute atomic E-state index is 13.4. The molecule has 6 heteroatoms. The largest absolute Gasteiger partial charge is 0.465 e. The van der Waals surface area contributed by atoms with E-state index in [2.05, 4.69) is 10.3 Å². The van der Waals surface area contributed by atoms with Gasteiger partial charge < -0.3 is 15.0 Å². The molecule has 0 spiro atoms. The number of imidazole rings is 1. The lowest BCUT2D eigenvalue weighted by Crippen LogP contribution is -2.27. The van der Waals surface area contributed by atoms with E-state index in [1.54, 1.807) is 13.0 Å². The molecule has 1 unspecified atom stereocenters. The molecule has 1 amide bonds. The summed E-state index contributed by atoms with van der Waals surface area (Å²) in [6, 6.07) is 4.03. The molecule has 3 rings (SSSR count). The number of amides is 1. The van der Waals surface area contributed by atoms with E-state index in [0.717, 1.165) is 24.9 Å². The number of carboxylic acid groups (broad SMARTS) is 1. The third-order valence-corrected chi connectivity index (χ3v) is 3.60. The molecule has 0 saturated heterocycles. The number of carbonyl (C=O) groups is 1. The molecule has 5 nitrogen and oxygen atoms in total. The van der Waals surface area contributed by atoms with E-state index in [-0.39, 0.29) is 5.82 Å². The fraction of sp³-hybridized carbons (Fsp3) is 0.429. The van der Waals surface area contributed by atoms with Crippen LogP contribution in [0.15, 0.2) is 18.2 Å². The highest BCUT2D eigenvalue weighted by Gasteiger charge is 2.26. The molecule has 20 heavy (non-hydrogen) atoms. The molecular formula is C14H16FN3O2. The van der Waals surface area contributed by atoms with Crippen LogP contribution >= 0.6 is 0 Å². The van der Waals surface area contributed by atoms with E-state index in [4.69, 9.17) is 5.11 Å². The highest BCUT2D eigenvalue weighted by atomic mass is 19.1. The van der Waals surface area contributed by atoms with Crippen LogP contribution in [0.2, 0.25) is 0 Å². The summed E-state index contributed by atoms with van der Waals surface area (Å²) < 4.78 is 15.4. The molecule has 0 radical (unpaired) electrons. The predicted octanol–water partition coefficient (Wildman–Crippen LogP) is 2.91. The normalized spacial score (nSPS) is 16.3. The topological polar surface area (TPSA) is 67.2 Å². The van der Waals surface area contributed by atoms with Gasteiger partial charge in [-0.25, -0.2) is 14.2 Å². The average molecular weight is 277 g/mol. The van der Waals surface area contributed by atoms with E-state index >= 15 is 0 Å². The van der Waals surface area contributed by atoms with E-state index in [1.807, 2.05) is 4.57 Å². The van der Waals surface area contributed by atoms with Crippen molar-refractivity contribution >= 4 is 17.1 Å². The van der Waals surface area contributed by atoms with Crippen molar-refractivity contribution in [2.75, 3.05) is 0 Å². The number of rotatable bonds is 4. The van der Waals surface area contributed by atoms with Crippen molar-refractivity contribution in [1.82, 2.24) is 14.9 Å². The monoisotopic (exact) mass is 277 g/mol. The number of benzene rings is 1. The van der Waals surface area contributed by atoms with Crippen molar-refractivity contribution in [3.05, 3.63) is 29.8 Å². The molecule has 1 aliphatic carbocycles. The van der Waals surface area contributed by atoms with Gasteiger partial charge in [-0.3, -0.25) is 0 Å². The molecule has 1 aromatic carbocycles. The van der Waals surface area contributed by atoms with E-state index in [0.29, 0.717) is 17.3 Å². The van der Waals surface area contributed by atoms with Gasteiger partial charge in [-0.05, 0) is 43.9 Å². The minimum atomic E-state index is -1.09. The van der Waals surface area contributed by atoms with Gasteiger partial charge >= 0.3 is 6.09 Å². The fourth-order valence-corrected chi connectivity index (χ4v) is 2.45. The highest BCUT2D eigenvalue weighted by Crippen LogP contribution is 2.33. The summed E-state index contributed by atoms with van der Waals surface area (Å²) in [5.41, 5.74) is 1.42. The quantitative estimate of drug-likeness (QED) is 0.903. The number of aromatic nitrogens is 2. The lowest BCUT2D eigenvalue weighted by molar-refractivity contribution is 0.190. The Morgan fingerprint density at radius 3 is 3.00 bits per heavy atom. The first-order valence-corrected chi connectivity index (χ1v) is 6.69. The molecule has 1 heterocycles. The van der Waals surface area contributed by atoms with Crippen LogP contribution < -0.4 is 5.32 Å². The van der Waals surface area contributed by atoms with Crippen molar-refractivity contribution in [1.29, 1.82) is 0 Å². The zero-order chi connectivity index (χ0) is 14.3. The van der Waals surface area contributed by atoms with Crippen molar-refractivity contribution < 1.29 is 14.3 Å². The van der Waals surface area contributed by atoms with Gasteiger partial charge in [0.05, 0.1) is 17.1 Å². The van der Waals surface area contributed by atoms with Crippen molar-refractivity contribution in [2.45, 2.75) is 32.4 Å². The van der Waals surface area contributed by atoms with Crippen molar-refractivity contribution in [3.63, 3.8) is 0 Å². The highest BCUT2D eigenvalue weighted by molar-refractivity contribution is 5.76. The van der Waals surface area contributed by atoms with Gasteiger partial charge in [0.15, 0.2) is 0 Å². The van der Waals surface area contributed by atoms with Crippen molar-refractivity contribution in [2.24, 2.45) is 5.92 Å². The van der Waals surface area contributed by atoms with Gasteiger partial charge in [-0.2, -0.15) is 0 Å². The Hall–Kier alpha value is -2.11. The number of nitrogens with zero attached hydrogens (tertiary/aromatic N) is 2. The number of hydrogen-bond acceptors (Lipinski definition) is 2. The summed E-state index contributed by atoms with van der Waals surface area (Å²) in [6.45, 7) is 2.51. The van der Waals surface area contributed by atoms with Gasteiger partial charge in [0.1, 0.15) is 11.6 Å². The first-order valence-electron chi connectivity index (χ1n) is 6.69. The van der Waals surface area contributed by atoms with E-state index in [9.17, 15) is 9.18 Å². The number of hydrogen-bond donors (Lipinski definition) is 2. The maximum Gasteiger partial charge on any atom is 0.405 e. The standard InChI is InChI=1S/C14H16FN3O2/c1-8(16-14(19)20)13-17-11-5-4-10(15)6-12(11)18(13)7-9-2-3-9/h4-6,8-9,16H,2-3,7H2,1H3,(H,19,20). The van der Waals surface area contributed by atoms with Gasteiger partial charge in [0, 0.05) is 6.54 Å². The Kier molecular flexibility index (Phi) is 3.08. The number of nitrogens with one attached hydrogen (secondary N) is 1. The second-order valence-electron chi connectivity index (χ2n) is 5.33. The van der Waals surface area contributed by atoms with Crippen LogP contribution in [0.25, 0.3) is 11.0 Å². The minimum absolute atomic E-state index is 0.306. The molecule has 2 N–H and O–H groups in total. The molecule has 1 atom stereocenters. The Morgan fingerprint density at radius 2 is 2.35 bits per heavy atom. The van der Waals surface area contributed by atoms with Gasteiger partial charge in [0.25, 0.3) is 0 Å². The first-order chi connectivity index (χ1) is 9.54. The second-order valence-corrected chi connectivity index (χ2v) is 5.33. The van der Waals surface area contributed by atoms with E-state index < -0.39 is 12.1 Å². The van der Waals surface area contributed by atoms with Gasteiger partial charge in [-0.1, -0.05) is 0 Å². The van der Waals surface area contributed by atoms with Crippen LogP contribution in [0.3, 0.4) is 0 Å². The van der Waals surface area contributed by atoms with Crippen LogP contribution in [0.1, 0.15) is 31.6 Å². The minimum Gasteiger partial charge on any atom is -0.465 e. The lowest BCUT2D eigenvalue weighted by atomic mass is 10.3. The molecule has 1 aromatic heterocycles. The molecule has 0 bridgehead atoms. The molecular weight excluding hydrogens is 261 g/mol. The van der Waals surface area contributed by atoms with Crippen molar-refractivity contribution in [3.8, 4) is 0 Å². The number of halogens is 1. The summed E-state index contributed by atoms with van der Waals surface area (Å²) in [6.07, 6.45) is 1.23. The molecule has 1 aliphatic rings. The SMILES string of the molecule is CC(NC(=O)O)c1nc2ccc(F)cc2n1CC1CC1. The first kappa shape index (κ1) is 12.9. The molecule has 0 aliphatic heterocycles. The van der Waals surface area contributed by atoms with Crippen LogP contribution in [-0.4, -0.2) is 20.8 Å². The van der Waals surface area contributed by atoms with Crippen LogP contribution in [0.4, 0.5) is 9.18 Å². The summed E-state index contributed by atoms with van der Waals surface area (Å²) in [4.78, 5) is 15.2. The molecule has 1 saturated carbocycles. The zero-order valence-electron chi connectivity index (χ0n) is 11.1. The smallest absolute Gasteiger partial charge is 0.405 e. The van der Waals surface area contributed by atoms with Gasteiger partial charge in [-0.15, -0.1) is 0 Å². The van der Waals surface area contributed by atoms with Crippen LogP contribution in [-0.2, 0) is 6.54 Å². The van der Waals surface area contributed by atoms with E-state index in [1.165, 1.54) is 12.1 Å². The summed E-state index contributed by atoms with van der Waals surface area (Å²) in [5.74, 6) is 0.922. The Labute approximate surface area is 115 Å². The van der Waals surface area contributed by atoms with Crippen LogP contribution in [0, 0.1) is 11.7 Å². The Balaban J connectivity index is 2.06. The predicted molar refractivity (Wildman–Crippen MR) is 72.0 cm³/mol. The van der Waals surface area contributed by atoms with Crippen LogP contribution in [0.5, 0.6) is 0 Å². The third kappa shape index (κ3) is 2.45. The third-order valence-electron chi connectivity index (χ3n) is 3.60. The summed E-state index contributed by atoms with van der Waals surface area (Å²) >= 11 is 0.